The number of likely N-dealkylation sites (tertiary alicyclic amines) is 1. The number of nitrogens with two attached hydrogens (primary N) is 1. The lowest BCUT2D eigenvalue weighted by atomic mass is 9.73. The van der Waals surface area contributed by atoms with Crippen LogP contribution in [0.15, 0.2) is 0 Å². The average molecular weight is 254 g/mol. The summed E-state index contributed by atoms with van der Waals surface area (Å²) in [4.78, 5) is 2.48. The van der Waals surface area contributed by atoms with E-state index >= 15 is 0 Å². The van der Waals surface area contributed by atoms with Gasteiger partial charge >= 0.3 is 0 Å². The van der Waals surface area contributed by atoms with Crippen LogP contribution in [0.1, 0.15) is 58.3 Å². The van der Waals surface area contributed by atoms with Crippen molar-refractivity contribution in [3.05, 3.63) is 0 Å². The zero-order valence-electron chi connectivity index (χ0n) is 11.9. The highest BCUT2D eigenvalue weighted by atomic mass is 16.3. The monoisotopic (exact) mass is 254 g/mol. The molecule has 0 radical (unpaired) electrons. The van der Waals surface area contributed by atoms with Gasteiger partial charge in [-0.25, -0.2) is 0 Å². The van der Waals surface area contributed by atoms with Crippen molar-refractivity contribution in [2.75, 3.05) is 19.7 Å². The highest BCUT2D eigenvalue weighted by molar-refractivity contribution is 4.95. The van der Waals surface area contributed by atoms with Gasteiger partial charge in [0.25, 0.3) is 0 Å². The molecule has 1 spiro atoms. The predicted octanol–water partition coefficient (Wildman–Crippen LogP) is 2.13. The maximum atomic E-state index is 9.65. The van der Waals surface area contributed by atoms with Crippen LogP contribution in [0.5, 0.6) is 0 Å². The Balaban J connectivity index is 1.93. The fourth-order valence-electron chi connectivity index (χ4n) is 4.01. The Bertz CT molecular complexity index is 251. The van der Waals surface area contributed by atoms with E-state index in [2.05, 4.69) is 11.8 Å². The van der Waals surface area contributed by atoms with E-state index in [9.17, 15) is 5.11 Å². The third-order valence-corrected chi connectivity index (χ3v) is 5.15. The van der Waals surface area contributed by atoms with Gasteiger partial charge in [-0.1, -0.05) is 32.6 Å². The van der Waals surface area contributed by atoms with E-state index in [0.29, 0.717) is 5.41 Å². The third kappa shape index (κ3) is 3.06. The minimum atomic E-state index is 0.138. The lowest BCUT2D eigenvalue weighted by molar-refractivity contribution is 0.100. The van der Waals surface area contributed by atoms with Crippen LogP contribution in [0.2, 0.25) is 0 Å². The van der Waals surface area contributed by atoms with Gasteiger partial charge in [0.15, 0.2) is 0 Å². The highest BCUT2D eigenvalue weighted by Crippen LogP contribution is 2.44. The van der Waals surface area contributed by atoms with E-state index in [-0.39, 0.29) is 18.7 Å². The highest BCUT2D eigenvalue weighted by Gasteiger charge is 2.41. The first-order valence-electron chi connectivity index (χ1n) is 7.81. The maximum absolute atomic E-state index is 9.65. The molecular formula is C15H30N2O. The van der Waals surface area contributed by atoms with Gasteiger partial charge in [-0.2, -0.15) is 0 Å². The summed E-state index contributed by atoms with van der Waals surface area (Å²) in [6, 6.07) is 0.324. The molecule has 3 N–H and O–H groups in total. The van der Waals surface area contributed by atoms with Gasteiger partial charge in [0.2, 0.25) is 0 Å². The molecule has 3 nitrogen and oxygen atoms in total. The quantitative estimate of drug-likeness (QED) is 0.790. The Labute approximate surface area is 112 Å². The summed E-state index contributed by atoms with van der Waals surface area (Å²) in [5.41, 5.74) is 6.80. The molecule has 1 saturated heterocycles. The van der Waals surface area contributed by atoms with Crippen LogP contribution in [0.25, 0.3) is 0 Å². The second kappa shape index (κ2) is 6.36. The van der Waals surface area contributed by atoms with Crippen molar-refractivity contribution in [3.63, 3.8) is 0 Å². The van der Waals surface area contributed by atoms with Crippen molar-refractivity contribution in [2.45, 2.75) is 70.4 Å². The van der Waals surface area contributed by atoms with Gasteiger partial charge in [-0.05, 0) is 37.6 Å². The second-order valence-corrected chi connectivity index (χ2v) is 6.48. The van der Waals surface area contributed by atoms with Crippen LogP contribution >= 0.6 is 0 Å². The minimum absolute atomic E-state index is 0.138. The summed E-state index contributed by atoms with van der Waals surface area (Å²) in [6.07, 6.45) is 10.5. The first-order valence-corrected chi connectivity index (χ1v) is 7.81. The Morgan fingerprint density at radius 2 is 1.94 bits per heavy atom. The Morgan fingerprint density at radius 1 is 1.22 bits per heavy atom. The summed E-state index contributed by atoms with van der Waals surface area (Å²) in [5.74, 6) is 0. The van der Waals surface area contributed by atoms with Crippen LogP contribution in [0.3, 0.4) is 0 Å². The van der Waals surface area contributed by atoms with Gasteiger partial charge in [0.05, 0.1) is 6.61 Å². The van der Waals surface area contributed by atoms with Crippen molar-refractivity contribution in [3.8, 4) is 0 Å². The summed E-state index contributed by atoms with van der Waals surface area (Å²) in [6.45, 7) is 4.70. The maximum Gasteiger partial charge on any atom is 0.0601 e. The first-order chi connectivity index (χ1) is 8.71. The lowest BCUT2D eigenvalue weighted by Gasteiger charge is -2.36. The van der Waals surface area contributed by atoms with Crippen molar-refractivity contribution >= 4 is 0 Å². The van der Waals surface area contributed by atoms with Gasteiger partial charge in [-0.3, -0.25) is 4.90 Å². The number of hydrogen-bond acceptors (Lipinski definition) is 3. The number of aliphatic hydroxyl groups excluding tert-OH is 1. The molecule has 2 aliphatic rings. The van der Waals surface area contributed by atoms with Crippen LogP contribution < -0.4 is 5.73 Å². The average Bonchev–Trinajstić information content (AvgIpc) is 2.75. The van der Waals surface area contributed by atoms with E-state index in [0.717, 1.165) is 19.4 Å². The molecule has 0 aromatic carbocycles. The molecule has 2 atom stereocenters. The van der Waals surface area contributed by atoms with Crippen LogP contribution in [0, 0.1) is 5.41 Å². The fourth-order valence-corrected chi connectivity index (χ4v) is 4.01. The zero-order valence-corrected chi connectivity index (χ0v) is 11.9. The van der Waals surface area contributed by atoms with Gasteiger partial charge in [0, 0.05) is 18.6 Å². The van der Waals surface area contributed by atoms with Crippen LogP contribution in [-0.2, 0) is 0 Å². The minimum Gasteiger partial charge on any atom is -0.395 e. The van der Waals surface area contributed by atoms with Crippen LogP contribution in [0.4, 0.5) is 0 Å². The number of hydrogen-bond donors (Lipinski definition) is 2. The first kappa shape index (κ1) is 14.3. The third-order valence-electron chi connectivity index (χ3n) is 5.15. The fraction of sp³-hybridized carbons (Fsp3) is 1.00. The number of rotatable bonds is 5. The topological polar surface area (TPSA) is 49.5 Å². The molecule has 0 aromatic rings. The van der Waals surface area contributed by atoms with E-state index < -0.39 is 0 Å². The summed E-state index contributed by atoms with van der Waals surface area (Å²) < 4.78 is 0. The van der Waals surface area contributed by atoms with E-state index in [1.54, 1.807) is 0 Å². The lowest BCUT2D eigenvalue weighted by Crippen LogP contribution is -2.49. The Hall–Kier alpha value is -0.120. The molecule has 2 unspecified atom stereocenters. The molecule has 1 saturated carbocycles. The smallest absolute Gasteiger partial charge is 0.0601 e. The van der Waals surface area contributed by atoms with Crippen molar-refractivity contribution in [2.24, 2.45) is 11.1 Å². The van der Waals surface area contributed by atoms with Crippen molar-refractivity contribution < 1.29 is 5.11 Å². The van der Waals surface area contributed by atoms with E-state index in [1.807, 2.05) is 0 Å². The molecule has 2 fully saturated rings. The molecule has 3 heteroatoms. The van der Waals surface area contributed by atoms with E-state index in [1.165, 1.54) is 45.1 Å². The van der Waals surface area contributed by atoms with Gasteiger partial charge in [0.1, 0.15) is 0 Å². The van der Waals surface area contributed by atoms with Crippen molar-refractivity contribution in [1.82, 2.24) is 4.90 Å². The molecule has 2 rings (SSSR count). The summed E-state index contributed by atoms with van der Waals surface area (Å²) >= 11 is 0. The molecule has 1 aliphatic heterocycles. The van der Waals surface area contributed by atoms with Gasteiger partial charge < -0.3 is 10.8 Å². The van der Waals surface area contributed by atoms with Crippen LogP contribution in [-0.4, -0.2) is 41.8 Å². The van der Waals surface area contributed by atoms with Gasteiger partial charge in [-0.15, -0.1) is 0 Å². The summed E-state index contributed by atoms with van der Waals surface area (Å²) in [7, 11) is 0. The number of nitrogens with zero attached hydrogens (tertiary/aromatic N) is 1. The Kier molecular flexibility index (Phi) is 5.05. The largest absolute Gasteiger partial charge is 0.395 e. The molecule has 0 aromatic heterocycles. The number of aliphatic hydroxyl groups is 1. The molecular weight excluding hydrogens is 224 g/mol. The molecule has 1 aliphatic carbocycles. The zero-order chi connectivity index (χ0) is 13.0. The molecule has 18 heavy (non-hydrogen) atoms. The van der Waals surface area contributed by atoms with Crippen molar-refractivity contribution in [1.29, 1.82) is 0 Å². The molecule has 0 bridgehead atoms. The predicted molar refractivity (Wildman–Crippen MR) is 75.5 cm³/mol. The summed E-state index contributed by atoms with van der Waals surface area (Å²) in [5, 5.41) is 9.65. The molecule has 106 valence electrons. The Morgan fingerprint density at radius 3 is 2.56 bits per heavy atom. The standard InChI is InChI=1S/C15H30N2O/c1-2-6-13(16)14(11-18)17-10-9-15(12-17)7-4-3-5-8-15/h13-14,18H,2-12,16H2,1H3. The second-order valence-electron chi connectivity index (χ2n) is 6.48. The SMILES string of the molecule is CCCC(N)C(CO)N1CCC2(CCCCC2)C1. The normalized spacial score (nSPS) is 27.5. The molecule has 0 amide bonds. The van der Waals surface area contributed by atoms with E-state index in [4.69, 9.17) is 5.73 Å². The molecule has 1 heterocycles.